The van der Waals surface area contributed by atoms with Gasteiger partial charge in [-0.05, 0) is 50.1 Å². The molecule has 2 unspecified atom stereocenters. The van der Waals surface area contributed by atoms with E-state index < -0.39 is 0 Å². The largest absolute Gasteiger partial charge is 0.483 e. The molecule has 1 fully saturated rings. The molecule has 158 valence electrons. The van der Waals surface area contributed by atoms with Gasteiger partial charge in [0.2, 0.25) is 0 Å². The second kappa shape index (κ2) is 8.70. The normalized spacial score (nSPS) is 22.4. The average molecular weight is 406 g/mol. The molecule has 0 bridgehead atoms. The standard InChI is InChI=1S/C25H31N3O2/c1-19-25(30-24-11-5-4-10-23(24)29-19)18-28-15-13-27(14-16-28)12-6-7-20-17-26-22-9-3-2-8-21(20)22/h2-5,8-11,17,19,25-26H,6-7,12-16,18H2,1H3. The fourth-order valence-corrected chi connectivity index (χ4v) is 4.65. The van der Waals surface area contributed by atoms with E-state index in [9.17, 15) is 0 Å². The molecule has 0 aliphatic carbocycles. The van der Waals surface area contributed by atoms with Gasteiger partial charge in [0.25, 0.3) is 0 Å². The van der Waals surface area contributed by atoms with Crippen LogP contribution < -0.4 is 9.47 Å². The summed E-state index contributed by atoms with van der Waals surface area (Å²) in [4.78, 5) is 8.51. The maximum Gasteiger partial charge on any atom is 0.161 e. The van der Waals surface area contributed by atoms with Crippen LogP contribution in [0.1, 0.15) is 18.9 Å². The zero-order chi connectivity index (χ0) is 20.3. The molecule has 1 N–H and O–H groups in total. The SMILES string of the molecule is CC1Oc2ccccc2OC1CN1CCN(CCCc2c[nH]c3ccccc23)CC1. The van der Waals surface area contributed by atoms with Crippen LogP contribution in [0.5, 0.6) is 11.5 Å². The Morgan fingerprint density at radius 1 is 0.900 bits per heavy atom. The van der Waals surface area contributed by atoms with Gasteiger partial charge in [0.05, 0.1) is 0 Å². The maximum absolute atomic E-state index is 6.23. The predicted molar refractivity (Wildman–Crippen MR) is 120 cm³/mol. The van der Waals surface area contributed by atoms with Crippen molar-refractivity contribution < 1.29 is 9.47 Å². The molecular weight excluding hydrogens is 374 g/mol. The molecule has 1 aromatic heterocycles. The number of H-pyrrole nitrogens is 1. The van der Waals surface area contributed by atoms with E-state index >= 15 is 0 Å². The summed E-state index contributed by atoms with van der Waals surface area (Å²) < 4.78 is 12.3. The average Bonchev–Trinajstić information content (AvgIpc) is 3.19. The highest BCUT2D eigenvalue weighted by Gasteiger charge is 2.30. The van der Waals surface area contributed by atoms with Crippen LogP contribution in [0.4, 0.5) is 0 Å². The van der Waals surface area contributed by atoms with Gasteiger partial charge in [-0.2, -0.15) is 0 Å². The number of aromatic amines is 1. The maximum atomic E-state index is 6.23. The predicted octanol–water partition coefficient (Wildman–Crippen LogP) is 3.95. The molecular formula is C25H31N3O2. The molecule has 2 aromatic carbocycles. The van der Waals surface area contributed by atoms with Crippen molar-refractivity contribution in [3.05, 3.63) is 60.3 Å². The number of ether oxygens (including phenoxy) is 2. The third-order valence-electron chi connectivity index (χ3n) is 6.46. The zero-order valence-corrected chi connectivity index (χ0v) is 17.7. The summed E-state index contributed by atoms with van der Waals surface area (Å²) in [6.07, 6.45) is 4.68. The van der Waals surface area contributed by atoms with Crippen molar-refractivity contribution >= 4 is 10.9 Å². The van der Waals surface area contributed by atoms with E-state index in [0.717, 1.165) is 50.6 Å². The van der Waals surface area contributed by atoms with Gasteiger partial charge in [-0.3, -0.25) is 4.90 Å². The topological polar surface area (TPSA) is 40.7 Å². The quantitative estimate of drug-likeness (QED) is 0.674. The number of aromatic nitrogens is 1. The Kier molecular flexibility index (Phi) is 5.65. The van der Waals surface area contributed by atoms with Crippen molar-refractivity contribution in [1.29, 1.82) is 0 Å². The van der Waals surface area contributed by atoms with Crippen LogP contribution in [0.25, 0.3) is 10.9 Å². The molecule has 5 heteroatoms. The summed E-state index contributed by atoms with van der Waals surface area (Å²) in [5.74, 6) is 1.73. The second-order valence-electron chi connectivity index (χ2n) is 8.53. The number of hydrogen-bond acceptors (Lipinski definition) is 4. The molecule has 1 saturated heterocycles. The number of nitrogens with one attached hydrogen (secondary N) is 1. The Bertz CT molecular complexity index is 977. The summed E-state index contributed by atoms with van der Waals surface area (Å²) in [6.45, 7) is 8.67. The lowest BCUT2D eigenvalue weighted by Gasteiger charge is -2.39. The van der Waals surface area contributed by atoms with Gasteiger partial charge in [-0.15, -0.1) is 0 Å². The number of rotatable bonds is 6. The van der Waals surface area contributed by atoms with Crippen LogP contribution in [0.3, 0.4) is 0 Å². The second-order valence-corrected chi connectivity index (χ2v) is 8.53. The van der Waals surface area contributed by atoms with Crippen molar-refractivity contribution in [2.45, 2.75) is 32.0 Å². The minimum Gasteiger partial charge on any atom is -0.483 e. The first-order valence-electron chi connectivity index (χ1n) is 11.2. The number of fused-ring (bicyclic) bond motifs is 2. The van der Waals surface area contributed by atoms with E-state index in [2.05, 4.69) is 52.2 Å². The van der Waals surface area contributed by atoms with E-state index in [4.69, 9.17) is 9.47 Å². The lowest BCUT2D eigenvalue weighted by molar-refractivity contribution is -0.000249. The molecule has 30 heavy (non-hydrogen) atoms. The molecule has 3 heterocycles. The van der Waals surface area contributed by atoms with E-state index in [1.807, 2.05) is 24.3 Å². The third kappa shape index (κ3) is 4.18. The highest BCUT2D eigenvalue weighted by atomic mass is 16.6. The monoisotopic (exact) mass is 405 g/mol. The van der Waals surface area contributed by atoms with Gasteiger partial charge < -0.3 is 19.4 Å². The van der Waals surface area contributed by atoms with Crippen LogP contribution >= 0.6 is 0 Å². The van der Waals surface area contributed by atoms with E-state index in [1.165, 1.54) is 29.4 Å². The lowest BCUT2D eigenvalue weighted by atomic mass is 10.1. The Morgan fingerprint density at radius 2 is 1.60 bits per heavy atom. The smallest absolute Gasteiger partial charge is 0.161 e. The van der Waals surface area contributed by atoms with E-state index in [1.54, 1.807) is 0 Å². The van der Waals surface area contributed by atoms with Gasteiger partial charge in [-0.25, -0.2) is 0 Å². The number of benzene rings is 2. The first kappa shape index (κ1) is 19.5. The first-order chi connectivity index (χ1) is 14.8. The van der Waals surface area contributed by atoms with Crippen molar-refractivity contribution in [1.82, 2.24) is 14.8 Å². The van der Waals surface area contributed by atoms with Crippen LogP contribution in [0.15, 0.2) is 54.7 Å². The molecule has 2 aliphatic rings. The number of para-hydroxylation sites is 3. The van der Waals surface area contributed by atoms with Crippen LogP contribution in [-0.4, -0.2) is 66.3 Å². The molecule has 0 spiro atoms. The van der Waals surface area contributed by atoms with Gasteiger partial charge in [0.1, 0.15) is 12.2 Å². The van der Waals surface area contributed by atoms with Crippen LogP contribution in [0, 0.1) is 0 Å². The fraction of sp³-hybridized carbons (Fsp3) is 0.440. The molecule has 2 aliphatic heterocycles. The molecule has 0 saturated carbocycles. The number of hydrogen-bond donors (Lipinski definition) is 1. The lowest BCUT2D eigenvalue weighted by Crippen LogP contribution is -2.52. The Labute approximate surface area is 178 Å². The van der Waals surface area contributed by atoms with Crippen LogP contribution in [0.2, 0.25) is 0 Å². The van der Waals surface area contributed by atoms with Crippen molar-refractivity contribution in [2.24, 2.45) is 0 Å². The number of piperazine rings is 1. The van der Waals surface area contributed by atoms with E-state index in [-0.39, 0.29) is 12.2 Å². The summed E-state index contributed by atoms with van der Waals surface area (Å²) in [7, 11) is 0. The molecule has 3 aromatic rings. The van der Waals surface area contributed by atoms with E-state index in [0.29, 0.717) is 0 Å². The molecule has 0 amide bonds. The molecule has 5 nitrogen and oxygen atoms in total. The minimum atomic E-state index is 0.0779. The third-order valence-corrected chi connectivity index (χ3v) is 6.46. The Balaban J connectivity index is 1.07. The summed E-state index contributed by atoms with van der Waals surface area (Å²) >= 11 is 0. The number of nitrogens with zero attached hydrogens (tertiary/aromatic N) is 2. The van der Waals surface area contributed by atoms with Gasteiger partial charge in [0.15, 0.2) is 11.5 Å². The molecule has 5 rings (SSSR count). The van der Waals surface area contributed by atoms with Crippen molar-refractivity contribution in [3.8, 4) is 11.5 Å². The minimum absolute atomic E-state index is 0.0779. The number of aryl methyl sites for hydroxylation is 1. The van der Waals surface area contributed by atoms with Crippen molar-refractivity contribution in [2.75, 3.05) is 39.3 Å². The van der Waals surface area contributed by atoms with Crippen LogP contribution in [-0.2, 0) is 6.42 Å². The Morgan fingerprint density at radius 3 is 2.43 bits per heavy atom. The highest BCUT2D eigenvalue weighted by molar-refractivity contribution is 5.82. The first-order valence-corrected chi connectivity index (χ1v) is 11.2. The Hall–Kier alpha value is -2.50. The molecule has 0 radical (unpaired) electrons. The highest BCUT2D eigenvalue weighted by Crippen LogP contribution is 2.33. The van der Waals surface area contributed by atoms with Crippen molar-refractivity contribution in [3.63, 3.8) is 0 Å². The van der Waals surface area contributed by atoms with Gasteiger partial charge >= 0.3 is 0 Å². The zero-order valence-electron chi connectivity index (χ0n) is 17.7. The molecule has 2 atom stereocenters. The summed E-state index contributed by atoms with van der Waals surface area (Å²) in [5.41, 5.74) is 2.68. The van der Waals surface area contributed by atoms with Gasteiger partial charge in [0, 0.05) is 49.8 Å². The summed E-state index contributed by atoms with van der Waals surface area (Å²) in [5, 5.41) is 1.37. The van der Waals surface area contributed by atoms with Gasteiger partial charge in [-0.1, -0.05) is 30.3 Å². The fourth-order valence-electron chi connectivity index (χ4n) is 4.65. The summed E-state index contributed by atoms with van der Waals surface area (Å²) in [6, 6.07) is 16.6.